The smallest absolute Gasteiger partial charge is 0.0640 e. The molecule has 0 saturated heterocycles. The fourth-order valence-corrected chi connectivity index (χ4v) is 2.84. The summed E-state index contributed by atoms with van der Waals surface area (Å²) in [6.45, 7) is 1.42. The van der Waals surface area contributed by atoms with Crippen molar-refractivity contribution >= 4 is 34.0 Å². The number of nitrogens with zero attached hydrogens (tertiary/aromatic N) is 3. The number of aromatic nitrogens is 1. The van der Waals surface area contributed by atoms with Crippen molar-refractivity contribution < 1.29 is 0 Å². The lowest BCUT2D eigenvalue weighted by Gasteiger charge is -2.25. The molecule has 0 saturated carbocycles. The third kappa shape index (κ3) is 3.84. The van der Waals surface area contributed by atoms with Gasteiger partial charge in [-0.15, -0.1) is 0 Å². The maximum Gasteiger partial charge on any atom is 0.0640 e. The molecule has 0 amide bonds. The molecular weight excluding hydrogens is 363 g/mol. The molecule has 4 nitrogen and oxygen atoms in total. The monoisotopic (exact) mass is 378 g/mol. The van der Waals surface area contributed by atoms with Crippen LogP contribution in [0.15, 0.2) is 42.7 Å². The number of halogens is 1. The minimum atomic E-state index is 0.487. The zero-order chi connectivity index (χ0) is 14.4. The highest BCUT2D eigenvalue weighted by molar-refractivity contribution is 14.1. The van der Waals surface area contributed by atoms with Gasteiger partial charge in [-0.3, -0.25) is 4.98 Å². The molecule has 0 fully saturated rings. The molecule has 20 heavy (non-hydrogen) atoms. The van der Waals surface area contributed by atoms with Crippen molar-refractivity contribution in [2.75, 3.05) is 17.2 Å². The summed E-state index contributed by atoms with van der Waals surface area (Å²) in [5, 5.41) is 8.83. The standard InChI is InChI=1S/C15H15IN4/c16-14-9-13(18)4-5-15(14)20(8-2-6-17)11-12-3-1-7-19-10-12/h1,3-5,7,9-10H,2,8,11,18H2. The van der Waals surface area contributed by atoms with Crippen LogP contribution in [-0.4, -0.2) is 11.5 Å². The first-order valence-corrected chi connectivity index (χ1v) is 7.34. The van der Waals surface area contributed by atoms with E-state index in [0.29, 0.717) is 13.0 Å². The average molecular weight is 378 g/mol. The van der Waals surface area contributed by atoms with Crippen LogP contribution in [0.4, 0.5) is 11.4 Å². The van der Waals surface area contributed by atoms with Crippen molar-refractivity contribution in [2.24, 2.45) is 0 Å². The molecular formula is C15H15IN4. The van der Waals surface area contributed by atoms with Crippen LogP contribution in [0.3, 0.4) is 0 Å². The van der Waals surface area contributed by atoms with Crippen molar-refractivity contribution in [3.8, 4) is 6.07 Å². The SMILES string of the molecule is N#CCCN(Cc1cccnc1)c1ccc(N)cc1I. The highest BCUT2D eigenvalue weighted by Gasteiger charge is 2.11. The fraction of sp³-hybridized carbons (Fsp3) is 0.200. The van der Waals surface area contributed by atoms with Gasteiger partial charge in [-0.25, -0.2) is 0 Å². The predicted octanol–water partition coefficient (Wildman–Crippen LogP) is 3.19. The van der Waals surface area contributed by atoms with E-state index in [1.54, 1.807) is 6.20 Å². The highest BCUT2D eigenvalue weighted by Crippen LogP contribution is 2.26. The second kappa shape index (κ2) is 7.10. The Kier molecular flexibility index (Phi) is 5.18. The van der Waals surface area contributed by atoms with Crippen molar-refractivity contribution in [1.82, 2.24) is 4.98 Å². The summed E-state index contributed by atoms with van der Waals surface area (Å²) in [6.07, 6.45) is 4.10. The topological polar surface area (TPSA) is 65.9 Å². The molecule has 0 radical (unpaired) electrons. The largest absolute Gasteiger partial charge is 0.399 e. The van der Waals surface area contributed by atoms with Crippen LogP contribution >= 0.6 is 22.6 Å². The maximum absolute atomic E-state index is 8.83. The van der Waals surface area contributed by atoms with Gasteiger partial charge in [-0.1, -0.05) is 6.07 Å². The Morgan fingerprint density at radius 1 is 1.35 bits per heavy atom. The summed E-state index contributed by atoms with van der Waals surface area (Å²) in [5.41, 5.74) is 8.76. The van der Waals surface area contributed by atoms with Gasteiger partial charge < -0.3 is 10.6 Å². The van der Waals surface area contributed by atoms with E-state index in [2.05, 4.69) is 38.5 Å². The third-order valence-electron chi connectivity index (χ3n) is 2.90. The molecule has 0 aliphatic heterocycles. The van der Waals surface area contributed by atoms with Gasteiger partial charge in [0.05, 0.1) is 18.2 Å². The van der Waals surface area contributed by atoms with Gasteiger partial charge in [0.15, 0.2) is 0 Å². The number of rotatable bonds is 5. The first-order valence-electron chi connectivity index (χ1n) is 6.26. The van der Waals surface area contributed by atoms with E-state index in [4.69, 9.17) is 11.0 Å². The molecule has 0 atom stereocenters. The number of nitrogen functional groups attached to an aromatic ring is 1. The summed E-state index contributed by atoms with van der Waals surface area (Å²) in [4.78, 5) is 6.32. The van der Waals surface area contributed by atoms with Gasteiger partial charge >= 0.3 is 0 Å². The maximum atomic E-state index is 8.83. The molecule has 2 rings (SSSR count). The minimum Gasteiger partial charge on any atom is -0.399 e. The van der Waals surface area contributed by atoms with E-state index in [9.17, 15) is 0 Å². The Balaban J connectivity index is 2.25. The van der Waals surface area contributed by atoms with Gasteiger partial charge in [0.25, 0.3) is 0 Å². The summed E-state index contributed by atoms with van der Waals surface area (Å²) >= 11 is 2.28. The van der Waals surface area contributed by atoms with Gasteiger partial charge in [-0.2, -0.15) is 5.26 Å². The van der Waals surface area contributed by atoms with E-state index in [0.717, 1.165) is 27.1 Å². The lowest BCUT2D eigenvalue weighted by Crippen LogP contribution is -2.24. The Hall–Kier alpha value is -1.81. The fourth-order valence-electron chi connectivity index (χ4n) is 1.96. The van der Waals surface area contributed by atoms with Crippen LogP contribution in [0.5, 0.6) is 0 Å². The molecule has 2 N–H and O–H groups in total. The van der Waals surface area contributed by atoms with Crippen molar-refractivity contribution in [3.05, 3.63) is 51.9 Å². The molecule has 1 aromatic heterocycles. The van der Waals surface area contributed by atoms with Crippen LogP contribution in [0.1, 0.15) is 12.0 Å². The van der Waals surface area contributed by atoms with E-state index in [-0.39, 0.29) is 0 Å². The summed E-state index contributed by atoms with van der Waals surface area (Å²) < 4.78 is 1.09. The normalized spacial score (nSPS) is 10.0. The van der Waals surface area contributed by atoms with Crippen LogP contribution < -0.4 is 10.6 Å². The first-order chi connectivity index (χ1) is 9.70. The zero-order valence-electron chi connectivity index (χ0n) is 11.0. The van der Waals surface area contributed by atoms with Crippen LogP contribution in [0, 0.1) is 14.9 Å². The van der Waals surface area contributed by atoms with E-state index in [1.165, 1.54) is 0 Å². The second-order valence-electron chi connectivity index (χ2n) is 4.40. The van der Waals surface area contributed by atoms with Crippen molar-refractivity contribution in [3.63, 3.8) is 0 Å². The minimum absolute atomic E-state index is 0.487. The lowest BCUT2D eigenvalue weighted by atomic mass is 10.2. The quantitative estimate of drug-likeness (QED) is 0.641. The van der Waals surface area contributed by atoms with Gasteiger partial charge in [0, 0.05) is 34.7 Å². The number of anilines is 2. The number of benzene rings is 1. The molecule has 1 aromatic carbocycles. The number of nitrogens with two attached hydrogens (primary N) is 1. The second-order valence-corrected chi connectivity index (χ2v) is 5.56. The lowest BCUT2D eigenvalue weighted by molar-refractivity contribution is 0.793. The van der Waals surface area contributed by atoms with Crippen LogP contribution in [0.2, 0.25) is 0 Å². The highest BCUT2D eigenvalue weighted by atomic mass is 127. The molecule has 0 unspecified atom stereocenters. The third-order valence-corrected chi connectivity index (χ3v) is 3.77. The molecule has 2 aromatic rings. The van der Waals surface area contributed by atoms with Gasteiger partial charge in [-0.05, 0) is 52.4 Å². The number of hydrogen-bond donors (Lipinski definition) is 1. The van der Waals surface area contributed by atoms with Crippen molar-refractivity contribution in [1.29, 1.82) is 5.26 Å². The summed E-state index contributed by atoms with van der Waals surface area (Å²) in [6, 6.07) is 12.0. The number of hydrogen-bond acceptors (Lipinski definition) is 4. The molecule has 0 aliphatic rings. The average Bonchev–Trinajstić information content (AvgIpc) is 2.45. The number of pyridine rings is 1. The van der Waals surface area contributed by atoms with Crippen LogP contribution in [-0.2, 0) is 6.54 Å². The van der Waals surface area contributed by atoms with E-state index in [1.807, 2.05) is 36.5 Å². The Bertz CT molecular complexity index is 607. The summed E-state index contributed by atoms with van der Waals surface area (Å²) in [5.74, 6) is 0. The molecule has 0 aliphatic carbocycles. The molecule has 0 bridgehead atoms. The zero-order valence-corrected chi connectivity index (χ0v) is 13.1. The molecule has 1 heterocycles. The Labute approximate surface area is 132 Å². The number of nitriles is 1. The molecule has 5 heteroatoms. The Morgan fingerprint density at radius 2 is 2.20 bits per heavy atom. The Morgan fingerprint density at radius 3 is 2.85 bits per heavy atom. The first kappa shape index (κ1) is 14.6. The van der Waals surface area contributed by atoms with Gasteiger partial charge in [0.1, 0.15) is 0 Å². The molecule has 0 spiro atoms. The van der Waals surface area contributed by atoms with Crippen LogP contribution in [0.25, 0.3) is 0 Å². The van der Waals surface area contributed by atoms with E-state index < -0.39 is 0 Å². The van der Waals surface area contributed by atoms with E-state index >= 15 is 0 Å². The predicted molar refractivity (Wildman–Crippen MR) is 89.1 cm³/mol. The summed E-state index contributed by atoms with van der Waals surface area (Å²) in [7, 11) is 0. The van der Waals surface area contributed by atoms with Crippen molar-refractivity contribution in [2.45, 2.75) is 13.0 Å². The molecule has 102 valence electrons. The van der Waals surface area contributed by atoms with Gasteiger partial charge in [0.2, 0.25) is 0 Å².